The smallest absolute Gasteiger partial charge is 0.0543 e. The van der Waals surface area contributed by atoms with E-state index in [4.69, 9.17) is 5.73 Å². The van der Waals surface area contributed by atoms with Gasteiger partial charge in [-0.25, -0.2) is 0 Å². The average Bonchev–Trinajstić information content (AvgIpc) is 2.08. The fourth-order valence-corrected chi connectivity index (χ4v) is 1.03. The van der Waals surface area contributed by atoms with E-state index in [0.29, 0.717) is 11.6 Å². The standard InChI is InChI=1S/C10H17N3/c1-8(2)5-12-7-10-4-3-9(11)6-13-10/h3-4,6,8,12H,5,7,11H2,1-2H3. The zero-order valence-corrected chi connectivity index (χ0v) is 8.25. The molecule has 0 aliphatic heterocycles. The van der Waals surface area contributed by atoms with Gasteiger partial charge in [0, 0.05) is 6.54 Å². The highest BCUT2D eigenvalue weighted by molar-refractivity contribution is 5.34. The minimum Gasteiger partial charge on any atom is -0.397 e. The van der Waals surface area contributed by atoms with Crippen LogP contribution in [0.1, 0.15) is 19.5 Å². The second-order valence-corrected chi connectivity index (χ2v) is 3.61. The van der Waals surface area contributed by atoms with E-state index in [1.54, 1.807) is 6.20 Å². The highest BCUT2D eigenvalue weighted by atomic mass is 14.9. The Morgan fingerprint density at radius 1 is 1.46 bits per heavy atom. The lowest BCUT2D eigenvalue weighted by atomic mass is 10.2. The van der Waals surface area contributed by atoms with E-state index in [-0.39, 0.29) is 0 Å². The Kier molecular flexibility index (Phi) is 3.71. The van der Waals surface area contributed by atoms with Gasteiger partial charge in [0.15, 0.2) is 0 Å². The summed E-state index contributed by atoms with van der Waals surface area (Å²) in [6.07, 6.45) is 1.69. The summed E-state index contributed by atoms with van der Waals surface area (Å²) in [5.41, 5.74) is 7.27. The molecule has 0 unspecified atom stereocenters. The summed E-state index contributed by atoms with van der Waals surface area (Å²) in [6, 6.07) is 3.82. The number of nitrogens with one attached hydrogen (secondary N) is 1. The summed E-state index contributed by atoms with van der Waals surface area (Å²) >= 11 is 0. The molecular weight excluding hydrogens is 162 g/mol. The summed E-state index contributed by atoms with van der Waals surface area (Å²) in [7, 11) is 0. The second kappa shape index (κ2) is 4.82. The van der Waals surface area contributed by atoms with E-state index in [1.807, 2.05) is 12.1 Å². The van der Waals surface area contributed by atoms with Crippen LogP contribution in [0.4, 0.5) is 5.69 Å². The molecule has 1 rings (SSSR count). The molecule has 0 aliphatic rings. The maximum absolute atomic E-state index is 5.52. The number of pyridine rings is 1. The topological polar surface area (TPSA) is 50.9 Å². The molecule has 0 spiro atoms. The van der Waals surface area contributed by atoms with E-state index in [1.165, 1.54) is 0 Å². The third-order valence-corrected chi connectivity index (χ3v) is 1.71. The van der Waals surface area contributed by atoms with Crippen molar-refractivity contribution in [3.05, 3.63) is 24.0 Å². The largest absolute Gasteiger partial charge is 0.397 e. The molecule has 0 saturated carbocycles. The van der Waals surface area contributed by atoms with Crippen molar-refractivity contribution < 1.29 is 0 Å². The molecule has 0 saturated heterocycles. The van der Waals surface area contributed by atoms with Crippen molar-refractivity contribution in [3.63, 3.8) is 0 Å². The molecular formula is C10H17N3. The highest BCUT2D eigenvalue weighted by Gasteiger charge is 1.95. The van der Waals surface area contributed by atoms with Gasteiger partial charge < -0.3 is 11.1 Å². The molecule has 0 aliphatic carbocycles. The van der Waals surface area contributed by atoms with Gasteiger partial charge in [-0.2, -0.15) is 0 Å². The zero-order valence-electron chi connectivity index (χ0n) is 8.25. The number of nitrogens with zero attached hydrogens (tertiary/aromatic N) is 1. The zero-order chi connectivity index (χ0) is 9.68. The number of rotatable bonds is 4. The Hall–Kier alpha value is -1.09. The number of nitrogens with two attached hydrogens (primary N) is 1. The molecule has 0 radical (unpaired) electrons. The van der Waals surface area contributed by atoms with Gasteiger partial charge in [0.2, 0.25) is 0 Å². The van der Waals surface area contributed by atoms with Crippen molar-refractivity contribution in [1.29, 1.82) is 0 Å². The lowest BCUT2D eigenvalue weighted by molar-refractivity contribution is 0.548. The third kappa shape index (κ3) is 3.90. The monoisotopic (exact) mass is 179 g/mol. The molecule has 0 atom stereocenters. The van der Waals surface area contributed by atoms with Crippen LogP contribution in [0.5, 0.6) is 0 Å². The first-order chi connectivity index (χ1) is 6.18. The van der Waals surface area contributed by atoms with Crippen molar-refractivity contribution in [2.45, 2.75) is 20.4 Å². The van der Waals surface area contributed by atoms with Gasteiger partial charge >= 0.3 is 0 Å². The minimum absolute atomic E-state index is 0.675. The summed E-state index contributed by atoms with van der Waals surface area (Å²) in [5, 5.41) is 3.32. The van der Waals surface area contributed by atoms with Gasteiger partial charge in [0.05, 0.1) is 17.6 Å². The van der Waals surface area contributed by atoms with Gasteiger partial charge in [-0.05, 0) is 24.6 Å². The van der Waals surface area contributed by atoms with E-state index in [9.17, 15) is 0 Å². The highest BCUT2D eigenvalue weighted by Crippen LogP contribution is 2.00. The van der Waals surface area contributed by atoms with Crippen LogP contribution in [-0.2, 0) is 6.54 Å². The number of hydrogen-bond donors (Lipinski definition) is 2. The number of hydrogen-bond acceptors (Lipinski definition) is 3. The third-order valence-electron chi connectivity index (χ3n) is 1.71. The van der Waals surface area contributed by atoms with E-state index in [0.717, 1.165) is 18.8 Å². The van der Waals surface area contributed by atoms with Gasteiger partial charge in [0.1, 0.15) is 0 Å². The Labute approximate surface area is 79.4 Å². The van der Waals surface area contributed by atoms with Crippen LogP contribution >= 0.6 is 0 Å². The second-order valence-electron chi connectivity index (χ2n) is 3.61. The van der Waals surface area contributed by atoms with Crippen LogP contribution in [0, 0.1) is 5.92 Å². The molecule has 0 bridgehead atoms. The number of nitrogen functional groups attached to an aromatic ring is 1. The quantitative estimate of drug-likeness (QED) is 0.734. The predicted molar refractivity (Wildman–Crippen MR) is 55.2 cm³/mol. The van der Waals surface area contributed by atoms with E-state index in [2.05, 4.69) is 24.1 Å². The van der Waals surface area contributed by atoms with Gasteiger partial charge in [-0.15, -0.1) is 0 Å². The van der Waals surface area contributed by atoms with Crippen LogP contribution in [0.15, 0.2) is 18.3 Å². The van der Waals surface area contributed by atoms with Gasteiger partial charge in [-0.3, -0.25) is 4.98 Å². The molecule has 1 heterocycles. The SMILES string of the molecule is CC(C)CNCc1ccc(N)cn1. The number of anilines is 1. The molecule has 13 heavy (non-hydrogen) atoms. The van der Waals surface area contributed by atoms with Crippen LogP contribution in [0.25, 0.3) is 0 Å². The maximum Gasteiger partial charge on any atom is 0.0543 e. The molecule has 1 aromatic rings. The lowest BCUT2D eigenvalue weighted by Crippen LogP contribution is -2.19. The maximum atomic E-state index is 5.52. The molecule has 0 aromatic carbocycles. The fraction of sp³-hybridized carbons (Fsp3) is 0.500. The Bertz CT molecular complexity index is 241. The van der Waals surface area contributed by atoms with Crippen molar-refractivity contribution in [3.8, 4) is 0 Å². The first-order valence-electron chi connectivity index (χ1n) is 4.59. The Morgan fingerprint density at radius 3 is 2.77 bits per heavy atom. The van der Waals surface area contributed by atoms with E-state index < -0.39 is 0 Å². The summed E-state index contributed by atoms with van der Waals surface area (Å²) in [4.78, 5) is 4.19. The van der Waals surface area contributed by atoms with E-state index >= 15 is 0 Å². The molecule has 0 fully saturated rings. The van der Waals surface area contributed by atoms with Crippen LogP contribution in [-0.4, -0.2) is 11.5 Å². The predicted octanol–water partition coefficient (Wildman–Crippen LogP) is 1.41. The van der Waals surface area contributed by atoms with Gasteiger partial charge in [-0.1, -0.05) is 13.8 Å². The van der Waals surface area contributed by atoms with Crippen LogP contribution in [0.2, 0.25) is 0 Å². The van der Waals surface area contributed by atoms with Crippen LogP contribution < -0.4 is 11.1 Å². The molecule has 3 N–H and O–H groups in total. The van der Waals surface area contributed by atoms with Crippen molar-refractivity contribution in [2.75, 3.05) is 12.3 Å². The fourth-order valence-electron chi connectivity index (χ4n) is 1.03. The van der Waals surface area contributed by atoms with Crippen molar-refractivity contribution in [1.82, 2.24) is 10.3 Å². The van der Waals surface area contributed by atoms with Crippen molar-refractivity contribution >= 4 is 5.69 Å². The number of aromatic nitrogens is 1. The average molecular weight is 179 g/mol. The first-order valence-corrected chi connectivity index (χ1v) is 4.59. The van der Waals surface area contributed by atoms with Gasteiger partial charge in [0.25, 0.3) is 0 Å². The van der Waals surface area contributed by atoms with Crippen molar-refractivity contribution in [2.24, 2.45) is 5.92 Å². The normalized spacial score (nSPS) is 10.7. The molecule has 3 heteroatoms. The molecule has 72 valence electrons. The Morgan fingerprint density at radius 2 is 2.23 bits per heavy atom. The first kappa shape index (κ1) is 9.99. The summed E-state index contributed by atoms with van der Waals surface area (Å²) in [5.74, 6) is 0.675. The molecule has 3 nitrogen and oxygen atoms in total. The summed E-state index contributed by atoms with van der Waals surface area (Å²) < 4.78 is 0. The molecule has 0 amide bonds. The lowest BCUT2D eigenvalue weighted by Gasteiger charge is -2.06. The van der Waals surface area contributed by atoms with Crippen LogP contribution in [0.3, 0.4) is 0 Å². The minimum atomic E-state index is 0.675. The summed E-state index contributed by atoms with van der Waals surface area (Å²) in [6.45, 7) is 6.21. The molecule has 1 aromatic heterocycles. The Balaban J connectivity index is 2.33.